The quantitative estimate of drug-likeness (QED) is 0.808. The first-order valence-corrected chi connectivity index (χ1v) is 10.1. The molecule has 1 unspecified atom stereocenters. The molecule has 2 amide bonds. The summed E-state index contributed by atoms with van der Waals surface area (Å²) in [4.78, 5) is 28.2. The topological polar surface area (TPSA) is 82.1 Å². The Kier molecular flexibility index (Phi) is 6.13. The first-order valence-electron chi connectivity index (χ1n) is 10.1. The lowest BCUT2D eigenvalue weighted by molar-refractivity contribution is -0.122. The highest BCUT2D eigenvalue weighted by molar-refractivity contribution is 5.98. The van der Waals surface area contributed by atoms with E-state index in [2.05, 4.69) is 10.2 Å². The molecule has 1 aromatic rings. The summed E-state index contributed by atoms with van der Waals surface area (Å²) in [5, 5.41) is 12.6. The molecule has 2 aliphatic rings. The SMILES string of the molecule is CC(C)(C)N(C(=O)O)C1CCc2ccc(OCCN3CCCC3)cc2NC1=O. The summed E-state index contributed by atoms with van der Waals surface area (Å²) in [5.74, 6) is 0.438. The number of aryl methyl sites for hydroxylation is 1. The molecule has 2 aliphatic heterocycles. The maximum absolute atomic E-state index is 12.8. The van der Waals surface area contributed by atoms with Crippen molar-refractivity contribution >= 4 is 17.7 Å². The van der Waals surface area contributed by atoms with Crippen molar-refractivity contribution in [3.63, 3.8) is 0 Å². The molecule has 0 spiro atoms. The van der Waals surface area contributed by atoms with Crippen LogP contribution in [0.2, 0.25) is 0 Å². The standard InChI is InChI=1S/C21H31N3O4/c1-21(2,3)24(20(26)27)18-9-7-15-6-8-16(14-17(15)22-19(18)25)28-13-12-23-10-4-5-11-23/h6,8,14,18H,4-5,7,9-13H2,1-3H3,(H,22,25)(H,26,27). The Morgan fingerprint density at radius 1 is 1.32 bits per heavy atom. The Hall–Kier alpha value is -2.28. The molecule has 0 saturated carbocycles. The van der Waals surface area contributed by atoms with Crippen molar-refractivity contribution in [1.29, 1.82) is 0 Å². The van der Waals surface area contributed by atoms with Crippen LogP contribution in [0.1, 0.15) is 45.6 Å². The van der Waals surface area contributed by atoms with E-state index < -0.39 is 17.7 Å². The molecule has 28 heavy (non-hydrogen) atoms. The van der Waals surface area contributed by atoms with Crippen molar-refractivity contribution in [2.75, 3.05) is 31.6 Å². The second-order valence-corrected chi connectivity index (χ2v) is 8.58. The number of carboxylic acid groups (broad SMARTS) is 1. The Morgan fingerprint density at radius 2 is 2.04 bits per heavy atom. The van der Waals surface area contributed by atoms with Gasteiger partial charge in [-0.1, -0.05) is 6.07 Å². The summed E-state index contributed by atoms with van der Waals surface area (Å²) in [6.45, 7) is 9.21. The van der Waals surface area contributed by atoms with Crippen LogP contribution >= 0.6 is 0 Å². The largest absolute Gasteiger partial charge is 0.492 e. The Morgan fingerprint density at radius 3 is 2.68 bits per heavy atom. The van der Waals surface area contributed by atoms with E-state index in [-0.39, 0.29) is 5.91 Å². The van der Waals surface area contributed by atoms with Crippen molar-refractivity contribution in [3.8, 4) is 5.75 Å². The van der Waals surface area contributed by atoms with Gasteiger partial charge in [0.25, 0.3) is 0 Å². The van der Waals surface area contributed by atoms with Crippen molar-refractivity contribution in [3.05, 3.63) is 23.8 Å². The molecule has 7 nitrogen and oxygen atoms in total. The number of hydrogen-bond donors (Lipinski definition) is 2. The van der Waals surface area contributed by atoms with E-state index in [0.717, 1.165) is 30.9 Å². The molecular weight excluding hydrogens is 358 g/mol. The number of amides is 2. The third-order valence-electron chi connectivity index (χ3n) is 5.44. The molecular formula is C21H31N3O4. The molecule has 0 aliphatic carbocycles. The summed E-state index contributed by atoms with van der Waals surface area (Å²) in [7, 11) is 0. The number of nitrogens with one attached hydrogen (secondary N) is 1. The molecule has 0 aromatic heterocycles. The predicted octanol–water partition coefficient (Wildman–Crippen LogP) is 3.19. The summed E-state index contributed by atoms with van der Waals surface area (Å²) >= 11 is 0. The van der Waals surface area contributed by atoms with Gasteiger partial charge in [-0.3, -0.25) is 14.6 Å². The fourth-order valence-corrected chi connectivity index (χ4v) is 4.05. The lowest BCUT2D eigenvalue weighted by Gasteiger charge is -2.38. The normalized spacial score (nSPS) is 20.2. The van der Waals surface area contributed by atoms with Crippen molar-refractivity contribution in [2.24, 2.45) is 0 Å². The van der Waals surface area contributed by atoms with E-state index in [9.17, 15) is 14.7 Å². The van der Waals surface area contributed by atoms with Crippen molar-refractivity contribution in [2.45, 2.75) is 58.0 Å². The van der Waals surface area contributed by atoms with Gasteiger partial charge in [0.05, 0.1) is 0 Å². The molecule has 1 atom stereocenters. The minimum Gasteiger partial charge on any atom is -0.492 e. The average Bonchev–Trinajstić information content (AvgIpc) is 3.06. The lowest BCUT2D eigenvalue weighted by Crippen LogP contribution is -2.55. The van der Waals surface area contributed by atoms with E-state index in [4.69, 9.17) is 4.74 Å². The number of rotatable bonds is 5. The maximum Gasteiger partial charge on any atom is 0.408 e. The number of ether oxygens (including phenoxy) is 1. The van der Waals surface area contributed by atoms with Gasteiger partial charge in [-0.2, -0.15) is 0 Å². The highest BCUT2D eigenvalue weighted by Gasteiger charge is 2.38. The number of anilines is 1. The fraction of sp³-hybridized carbons (Fsp3) is 0.619. The van der Waals surface area contributed by atoms with Crippen molar-refractivity contribution in [1.82, 2.24) is 9.80 Å². The monoisotopic (exact) mass is 389 g/mol. The van der Waals surface area contributed by atoms with Gasteiger partial charge < -0.3 is 15.2 Å². The molecule has 2 heterocycles. The number of benzene rings is 1. The Labute approximate surface area is 166 Å². The molecule has 1 saturated heterocycles. The van der Waals surface area contributed by atoms with Gasteiger partial charge in [0.15, 0.2) is 0 Å². The van der Waals surface area contributed by atoms with Gasteiger partial charge in [0.1, 0.15) is 18.4 Å². The van der Waals surface area contributed by atoms with Gasteiger partial charge in [-0.25, -0.2) is 4.79 Å². The number of carbonyl (C=O) groups excluding carboxylic acids is 1. The van der Waals surface area contributed by atoms with Crippen LogP contribution in [0.4, 0.5) is 10.5 Å². The molecule has 0 bridgehead atoms. The van der Waals surface area contributed by atoms with E-state index >= 15 is 0 Å². The van der Waals surface area contributed by atoms with E-state index in [0.29, 0.717) is 25.1 Å². The van der Waals surface area contributed by atoms with Gasteiger partial charge in [-0.05, 0) is 71.2 Å². The highest BCUT2D eigenvalue weighted by Crippen LogP contribution is 2.30. The van der Waals surface area contributed by atoms with Crippen molar-refractivity contribution < 1.29 is 19.4 Å². The van der Waals surface area contributed by atoms with Crippen LogP contribution in [-0.4, -0.2) is 64.7 Å². The van der Waals surface area contributed by atoms with Gasteiger partial charge in [0.2, 0.25) is 5.91 Å². The van der Waals surface area contributed by atoms with E-state index in [1.54, 1.807) is 20.8 Å². The number of nitrogens with zero attached hydrogens (tertiary/aromatic N) is 2. The van der Waals surface area contributed by atoms with Crippen LogP contribution in [0.15, 0.2) is 18.2 Å². The van der Waals surface area contributed by atoms with Gasteiger partial charge >= 0.3 is 6.09 Å². The molecule has 3 rings (SSSR count). The first-order chi connectivity index (χ1) is 13.3. The van der Waals surface area contributed by atoms with Gasteiger partial charge in [0, 0.05) is 23.8 Å². The Bertz CT molecular complexity index is 723. The molecule has 7 heteroatoms. The number of carbonyl (C=O) groups is 2. The fourth-order valence-electron chi connectivity index (χ4n) is 4.05. The summed E-state index contributed by atoms with van der Waals surface area (Å²) in [6.07, 6.45) is 2.52. The molecule has 0 radical (unpaired) electrons. The summed E-state index contributed by atoms with van der Waals surface area (Å²) in [5.41, 5.74) is 1.06. The average molecular weight is 389 g/mol. The minimum atomic E-state index is -1.08. The van der Waals surface area contributed by atoms with Crippen LogP contribution in [-0.2, 0) is 11.2 Å². The lowest BCUT2D eigenvalue weighted by atomic mass is 9.99. The van der Waals surface area contributed by atoms with Crippen LogP contribution in [0, 0.1) is 0 Å². The van der Waals surface area contributed by atoms with Crippen LogP contribution in [0.5, 0.6) is 5.75 Å². The van der Waals surface area contributed by atoms with Crippen LogP contribution in [0.3, 0.4) is 0 Å². The maximum atomic E-state index is 12.8. The summed E-state index contributed by atoms with van der Waals surface area (Å²) < 4.78 is 5.88. The van der Waals surface area contributed by atoms with Crippen LogP contribution in [0.25, 0.3) is 0 Å². The number of hydrogen-bond acceptors (Lipinski definition) is 4. The zero-order chi connectivity index (χ0) is 20.3. The van der Waals surface area contributed by atoms with Crippen LogP contribution < -0.4 is 10.1 Å². The molecule has 1 aromatic carbocycles. The number of fused-ring (bicyclic) bond motifs is 1. The minimum absolute atomic E-state index is 0.287. The highest BCUT2D eigenvalue weighted by atomic mass is 16.5. The third-order valence-corrected chi connectivity index (χ3v) is 5.44. The van der Waals surface area contributed by atoms with Gasteiger partial charge in [-0.15, -0.1) is 0 Å². The predicted molar refractivity (Wildman–Crippen MR) is 108 cm³/mol. The second-order valence-electron chi connectivity index (χ2n) is 8.58. The Balaban J connectivity index is 1.67. The molecule has 2 N–H and O–H groups in total. The zero-order valence-corrected chi connectivity index (χ0v) is 17.0. The zero-order valence-electron chi connectivity index (χ0n) is 17.0. The molecule has 154 valence electrons. The van der Waals surface area contributed by atoms with E-state index in [1.165, 1.54) is 17.7 Å². The second kappa shape index (κ2) is 8.39. The summed E-state index contributed by atoms with van der Waals surface area (Å²) in [6, 6.07) is 5.02. The first kappa shape index (κ1) is 20.5. The number of likely N-dealkylation sites (tertiary alicyclic amines) is 1. The van der Waals surface area contributed by atoms with E-state index in [1.807, 2.05) is 18.2 Å². The third kappa shape index (κ3) is 4.76. The molecule has 1 fully saturated rings. The smallest absolute Gasteiger partial charge is 0.408 e.